The Hall–Kier alpha value is -2.62. The van der Waals surface area contributed by atoms with Gasteiger partial charge in [0.15, 0.2) is 5.13 Å². The van der Waals surface area contributed by atoms with Gasteiger partial charge in [-0.25, -0.2) is 18.7 Å². The summed E-state index contributed by atoms with van der Waals surface area (Å²) in [6.07, 6.45) is 1.85. The molecule has 1 aliphatic rings. The molecular weight excluding hydrogens is 494 g/mol. The van der Waals surface area contributed by atoms with E-state index in [0.29, 0.717) is 10.9 Å². The molecule has 10 heteroatoms. The second kappa shape index (κ2) is 10.2. The van der Waals surface area contributed by atoms with Gasteiger partial charge in [-0.2, -0.15) is 0 Å². The van der Waals surface area contributed by atoms with E-state index in [-0.39, 0.29) is 42.1 Å². The molecule has 4 rings (SSSR count). The summed E-state index contributed by atoms with van der Waals surface area (Å²) in [4.78, 5) is 23.2. The van der Waals surface area contributed by atoms with Crippen molar-refractivity contribution in [2.24, 2.45) is 5.41 Å². The highest BCUT2D eigenvalue weighted by atomic mass is 35.5. The third kappa shape index (κ3) is 5.47. The molecular formula is C25H27ClF2N4O2S. The minimum absolute atomic E-state index is 0.0509. The highest BCUT2D eigenvalue weighted by Gasteiger charge is 2.50. The van der Waals surface area contributed by atoms with Gasteiger partial charge in [0.25, 0.3) is 0 Å². The van der Waals surface area contributed by atoms with Gasteiger partial charge in [-0.3, -0.25) is 9.69 Å². The van der Waals surface area contributed by atoms with E-state index in [1.165, 1.54) is 53.7 Å². The number of esters is 1. The molecule has 1 atom stereocenters. The molecule has 1 N–H and O–H groups in total. The number of hydrogen-bond acceptors (Lipinski definition) is 7. The second-order valence-electron chi connectivity index (χ2n) is 9.14. The first-order chi connectivity index (χ1) is 17.4. The van der Waals surface area contributed by atoms with E-state index in [9.17, 15) is 13.6 Å². The van der Waals surface area contributed by atoms with Crippen molar-refractivity contribution in [1.29, 1.82) is 0 Å². The van der Waals surface area contributed by atoms with Gasteiger partial charge in [-0.05, 0) is 44.9 Å². The molecule has 0 aliphatic carbocycles. The van der Waals surface area contributed by atoms with Crippen LogP contribution in [0.25, 0.3) is 0 Å². The van der Waals surface area contributed by atoms with Crippen LogP contribution in [0.15, 0.2) is 41.9 Å². The maximum atomic E-state index is 14.9. The average molecular weight is 523 g/mol. The lowest BCUT2D eigenvalue weighted by atomic mass is 9.67. The summed E-state index contributed by atoms with van der Waals surface area (Å²) < 4.78 is 52.5. The molecule has 1 saturated heterocycles. The zero-order valence-electron chi connectivity index (χ0n) is 21.6. The molecule has 3 heterocycles. The van der Waals surface area contributed by atoms with Crippen LogP contribution in [0.2, 0.25) is 5.02 Å². The van der Waals surface area contributed by atoms with Crippen LogP contribution in [0.5, 0.6) is 0 Å². The Balaban J connectivity index is 1.66. The van der Waals surface area contributed by atoms with Crippen molar-refractivity contribution in [3.8, 4) is 0 Å². The molecule has 35 heavy (non-hydrogen) atoms. The quantitative estimate of drug-likeness (QED) is 0.384. The number of aromatic nitrogens is 2. The van der Waals surface area contributed by atoms with Crippen LogP contribution in [0.4, 0.5) is 19.7 Å². The summed E-state index contributed by atoms with van der Waals surface area (Å²) in [5.41, 5.74) is -2.23. The molecule has 3 aromatic rings. The van der Waals surface area contributed by atoms with Crippen LogP contribution in [0.3, 0.4) is 0 Å². The van der Waals surface area contributed by atoms with E-state index < -0.39 is 35.1 Å². The number of carbonyl (C=O) groups is 1. The fraction of sp³-hybridized carbons (Fsp3) is 0.400. The Morgan fingerprint density at radius 1 is 1.34 bits per heavy atom. The topological polar surface area (TPSA) is 67.4 Å². The Morgan fingerprint density at radius 2 is 2.14 bits per heavy atom. The third-order valence-corrected chi connectivity index (χ3v) is 7.21. The Morgan fingerprint density at radius 3 is 2.83 bits per heavy atom. The standard InChI is InChI=1S/C25H27ClF2N4O2S/c1-24(2)15-25(22(33)34-3,9-11-32(24)14-16-5-4-6-17(26)21(16)28)13-19-18(27)7-8-20(30-19)31-23-29-10-12-35-23/h4-8,10,12H,9,11,13-15H2,1-3H3,(H,29,30,31)/i14D2. The minimum Gasteiger partial charge on any atom is -0.469 e. The number of methoxy groups -OCH3 is 1. The minimum atomic E-state index is -2.22. The number of hydrogen-bond donors (Lipinski definition) is 1. The number of nitrogens with one attached hydrogen (secondary N) is 1. The maximum absolute atomic E-state index is 14.9. The summed E-state index contributed by atoms with van der Waals surface area (Å²) in [6.45, 7) is 1.41. The largest absolute Gasteiger partial charge is 0.469 e. The molecule has 0 spiro atoms. The van der Waals surface area contributed by atoms with Gasteiger partial charge in [0.05, 0.1) is 23.2 Å². The van der Waals surface area contributed by atoms with Crippen LogP contribution in [0.1, 0.15) is 40.7 Å². The van der Waals surface area contributed by atoms with E-state index in [0.717, 1.165) is 0 Å². The van der Waals surface area contributed by atoms with Crippen molar-refractivity contribution in [2.75, 3.05) is 19.0 Å². The number of thiazole rings is 1. The number of likely N-dealkylation sites (tertiary alicyclic amines) is 1. The highest BCUT2D eigenvalue weighted by Crippen LogP contribution is 2.44. The predicted octanol–water partition coefficient (Wildman–Crippen LogP) is 5.99. The number of piperidine rings is 1. The van der Waals surface area contributed by atoms with Crippen LogP contribution < -0.4 is 5.32 Å². The molecule has 0 radical (unpaired) electrons. The molecule has 1 aromatic carbocycles. The number of anilines is 2. The summed E-state index contributed by atoms with van der Waals surface area (Å²) in [5, 5.41) is 5.24. The Labute approximate surface area is 215 Å². The number of carbonyl (C=O) groups excluding carboxylic acids is 1. The Bertz CT molecular complexity index is 1300. The molecule has 0 saturated carbocycles. The second-order valence-corrected chi connectivity index (χ2v) is 10.4. The van der Waals surface area contributed by atoms with Gasteiger partial charge in [-0.1, -0.05) is 23.7 Å². The fourth-order valence-corrected chi connectivity index (χ4v) is 5.30. The summed E-state index contributed by atoms with van der Waals surface area (Å²) >= 11 is 7.29. The Kier molecular flexibility index (Phi) is 6.63. The molecule has 1 aliphatic heterocycles. The van der Waals surface area contributed by atoms with Crippen LogP contribution in [-0.2, 0) is 22.4 Å². The molecule has 2 aromatic heterocycles. The van der Waals surface area contributed by atoms with Crippen molar-refractivity contribution >= 4 is 39.9 Å². The van der Waals surface area contributed by atoms with Gasteiger partial charge in [0.2, 0.25) is 0 Å². The molecule has 6 nitrogen and oxygen atoms in total. The monoisotopic (exact) mass is 522 g/mol. The molecule has 0 bridgehead atoms. The number of pyridine rings is 1. The molecule has 1 fully saturated rings. The molecule has 0 amide bonds. The summed E-state index contributed by atoms with van der Waals surface area (Å²) in [5.74, 6) is -1.54. The summed E-state index contributed by atoms with van der Waals surface area (Å²) in [7, 11) is 1.27. The van der Waals surface area contributed by atoms with Crippen molar-refractivity contribution in [2.45, 2.75) is 45.1 Å². The van der Waals surface area contributed by atoms with Crippen LogP contribution in [0, 0.1) is 17.0 Å². The van der Waals surface area contributed by atoms with E-state index in [4.69, 9.17) is 19.1 Å². The zero-order valence-corrected chi connectivity index (χ0v) is 21.1. The van der Waals surface area contributed by atoms with Gasteiger partial charge in [-0.15, -0.1) is 11.3 Å². The lowest BCUT2D eigenvalue weighted by Gasteiger charge is -2.50. The average Bonchev–Trinajstić information content (AvgIpc) is 3.34. The van der Waals surface area contributed by atoms with Gasteiger partial charge in [0, 0.05) is 44.9 Å². The number of halogens is 3. The van der Waals surface area contributed by atoms with Gasteiger partial charge < -0.3 is 10.1 Å². The lowest BCUT2D eigenvalue weighted by molar-refractivity contribution is -0.160. The van der Waals surface area contributed by atoms with E-state index in [1.54, 1.807) is 25.4 Å². The van der Waals surface area contributed by atoms with E-state index in [2.05, 4.69) is 15.3 Å². The number of nitrogens with zero attached hydrogens (tertiary/aromatic N) is 3. The first-order valence-electron chi connectivity index (χ1n) is 12.0. The van der Waals surface area contributed by atoms with Crippen LogP contribution in [-0.4, -0.2) is 40.0 Å². The first kappa shape index (κ1) is 22.8. The van der Waals surface area contributed by atoms with E-state index >= 15 is 0 Å². The van der Waals surface area contributed by atoms with Gasteiger partial charge in [0.1, 0.15) is 17.5 Å². The molecule has 186 valence electrons. The van der Waals surface area contributed by atoms with Gasteiger partial charge >= 0.3 is 5.97 Å². The molecule has 1 unspecified atom stereocenters. The lowest BCUT2D eigenvalue weighted by Crippen LogP contribution is -2.56. The summed E-state index contributed by atoms with van der Waals surface area (Å²) in [6, 6.07) is 6.99. The fourth-order valence-electron chi connectivity index (χ4n) is 4.59. The van der Waals surface area contributed by atoms with Crippen molar-refractivity contribution in [1.82, 2.24) is 14.9 Å². The van der Waals surface area contributed by atoms with Crippen molar-refractivity contribution < 1.29 is 21.1 Å². The highest BCUT2D eigenvalue weighted by molar-refractivity contribution is 7.13. The van der Waals surface area contributed by atoms with E-state index in [1.807, 2.05) is 0 Å². The van der Waals surface area contributed by atoms with Crippen molar-refractivity contribution in [3.63, 3.8) is 0 Å². The predicted molar refractivity (Wildman–Crippen MR) is 133 cm³/mol. The van der Waals surface area contributed by atoms with Crippen LogP contribution >= 0.6 is 22.9 Å². The normalized spacial score (nSPS) is 21.2. The first-order valence-corrected chi connectivity index (χ1v) is 12.3. The smallest absolute Gasteiger partial charge is 0.312 e. The zero-order chi connectivity index (χ0) is 27.0. The number of ether oxygens (including phenoxy) is 1. The van der Waals surface area contributed by atoms with Crippen molar-refractivity contribution in [3.05, 3.63) is 69.8 Å². The SMILES string of the molecule is [2H]C([2H])(c1cccc(Cl)c1F)N1CCC(Cc2nc(Nc3nccs3)ccc2F)(C(=O)OC)CC1(C)C. The maximum Gasteiger partial charge on any atom is 0.312 e. The third-order valence-electron chi connectivity index (χ3n) is 6.23. The number of rotatable bonds is 7. The number of benzene rings is 1.